The first-order valence-electron chi connectivity index (χ1n) is 6.60. The lowest BCUT2D eigenvalue weighted by Gasteiger charge is -2.19. The maximum Gasteiger partial charge on any atom is 0.227 e. The lowest BCUT2D eigenvalue weighted by Crippen LogP contribution is -2.27. The van der Waals surface area contributed by atoms with E-state index in [9.17, 15) is 4.79 Å². The number of hydrogen-bond acceptors (Lipinski definition) is 3. The molecular weight excluding hydrogens is 250 g/mol. The van der Waals surface area contributed by atoms with Crippen LogP contribution in [-0.4, -0.2) is 17.9 Å². The predicted molar refractivity (Wildman–Crippen MR) is 81.5 cm³/mol. The van der Waals surface area contributed by atoms with Gasteiger partial charge in [0.2, 0.25) is 5.91 Å². The van der Waals surface area contributed by atoms with Crippen LogP contribution in [0.4, 0.5) is 11.4 Å². The van der Waals surface area contributed by atoms with Crippen molar-refractivity contribution in [1.82, 2.24) is 4.98 Å². The van der Waals surface area contributed by atoms with Gasteiger partial charge in [-0.3, -0.25) is 9.78 Å². The molecule has 1 aromatic heterocycles. The molecule has 1 atom stereocenters. The van der Waals surface area contributed by atoms with Crippen LogP contribution in [0, 0.1) is 0 Å². The van der Waals surface area contributed by atoms with Gasteiger partial charge in [0, 0.05) is 25.4 Å². The van der Waals surface area contributed by atoms with Gasteiger partial charge >= 0.3 is 0 Å². The molecule has 2 N–H and O–H groups in total. The molecule has 1 amide bonds. The minimum absolute atomic E-state index is 0.0716. The summed E-state index contributed by atoms with van der Waals surface area (Å²) in [6, 6.07) is 11.4. The highest BCUT2D eigenvalue weighted by Gasteiger charge is 2.16. The highest BCUT2D eigenvalue weighted by atomic mass is 16.2. The standard InChI is InChI=1S/C16H19N3O/c1-12(13-5-7-14(17)8-6-13)10-16(20)19(2)15-4-3-9-18-11-15/h3-9,11-12H,10,17H2,1-2H3. The first kappa shape index (κ1) is 14.1. The minimum Gasteiger partial charge on any atom is -0.399 e. The first-order valence-corrected chi connectivity index (χ1v) is 6.60. The fourth-order valence-corrected chi connectivity index (χ4v) is 2.04. The Bertz CT molecular complexity index is 566. The minimum atomic E-state index is 0.0716. The number of carbonyl (C=O) groups excluding carboxylic acids is 1. The second kappa shape index (κ2) is 6.19. The summed E-state index contributed by atoms with van der Waals surface area (Å²) in [5, 5.41) is 0. The zero-order chi connectivity index (χ0) is 14.5. The molecule has 0 spiro atoms. The second-order valence-electron chi connectivity index (χ2n) is 4.94. The quantitative estimate of drug-likeness (QED) is 0.868. The van der Waals surface area contributed by atoms with Crippen molar-refractivity contribution >= 4 is 17.3 Å². The second-order valence-corrected chi connectivity index (χ2v) is 4.94. The maximum atomic E-state index is 12.3. The average Bonchev–Trinajstić information content (AvgIpc) is 2.48. The van der Waals surface area contributed by atoms with Crippen molar-refractivity contribution in [2.75, 3.05) is 17.7 Å². The molecule has 0 fully saturated rings. The Morgan fingerprint density at radius 3 is 2.60 bits per heavy atom. The molecule has 4 nitrogen and oxygen atoms in total. The van der Waals surface area contributed by atoms with Crippen LogP contribution < -0.4 is 10.6 Å². The number of amides is 1. The van der Waals surface area contributed by atoms with Crippen LogP contribution in [0.25, 0.3) is 0 Å². The van der Waals surface area contributed by atoms with Crippen molar-refractivity contribution in [1.29, 1.82) is 0 Å². The molecule has 1 heterocycles. The van der Waals surface area contributed by atoms with Gasteiger partial charge in [-0.15, -0.1) is 0 Å². The van der Waals surface area contributed by atoms with E-state index in [1.54, 1.807) is 24.3 Å². The molecular formula is C16H19N3O. The lowest BCUT2D eigenvalue weighted by molar-refractivity contribution is -0.118. The summed E-state index contributed by atoms with van der Waals surface area (Å²) in [6.07, 6.45) is 3.83. The average molecular weight is 269 g/mol. The summed E-state index contributed by atoms with van der Waals surface area (Å²) >= 11 is 0. The molecule has 20 heavy (non-hydrogen) atoms. The molecule has 0 aliphatic carbocycles. The first-order chi connectivity index (χ1) is 9.58. The fraction of sp³-hybridized carbons (Fsp3) is 0.250. The van der Waals surface area contributed by atoms with E-state index < -0.39 is 0 Å². The van der Waals surface area contributed by atoms with E-state index in [2.05, 4.69) is 4.98 Å². The summed E-state index contributed by atoms with van der Waals surface area (Å²) in [5.41, 5.74) is 8.33. The van der Waals surface area contributed by atoms with Gasteiger partial charge in [0.05, 0.1) is 11.9 Å². The number of benzene rings is 1. The van der Waals surface area contributed by atoms with E-state index in [0.29, 0.717) is 6.42 Å². The SMILES string of the molecule is CC(CC(=O)N(C)c1cccnc1)c1ccc(N)cc1. The predicted octanol–water partition coefficient (Wildman–Crippen LogP) is 2.82. The third kappa shape index (κ3) is 3.35. The van der Waals surface area contributed by atoms with Crippen LogP contribution in [0.3, 0.4) is 0 Å². The molecule has 0 radical (unpaired) electrons. The number of nitrogen functional groups attached to an aromatic ring is 1. The van der Waals surface area contributed by atoms with Gasteiger partial charge in [-0.25, -0.2) is 0 Å². The molecule has 0 bridgehead atoms. The lowest BCUT2D eigenvalue weighted by atomic mass is 9.97. The summed E-state index contributed by atoms with van der Waals surface area (Å²) in [4.78, 5) is 17.9. The highest BCUT2D eigenvalue weighted by molar-refractivity contribution is 5.93. The van der Waals surface area contributed by atoms with Crippen molar-refractivity contribution in [3.8, 4) is 0 Å². The van der Waals surface area contributed by atoms with E-state index in [1.807, 2.05) is 43.3 Å². The number of aromatic nitrogens is 1. The van der Waals surface area contributed by atoms with Crippen molar-refractivity contribution in [3.05, 3.63) is 54.4 Å². The van der Waals surface area contributed by atoms with Gasteiger partial charge in [-0.05, 0) is 35.7 Å². The zero-order valence-corrected chi connectivity index (χ0v) is 11.8. The van der Waals surface area contributed by atoms with Gasteiger partial charge < -0.3 is 10.6 Å². The molecule has 1 aromatic carbocycles. The molecule has 0 saturated heterocycles. The summed E-state index contributed by atoms with van der Waals surface area (Å²) in [6.45, 7) is 2.04. The molecule has 0 aliphatic rings. The molecule has 0 saturated carbocycles. The highest BCUT2D eigenvalue weighted by Crippen LogP contribution is 2.22. The van der Waals surface area contributed by atoms with Gasteiger partial charge in [0.1, 0.15) is 0 Å². The number of anilines is 2. The molecule has 1 unspecified atom stereocenters. The normalized spacial score (nSPS) is 11.9. The van der Waals surface area contributed by atoms with Crippen LogP contribution in [-0.2, 0) is 4.79 Å². The Hall–Kier alpha value is -2.36. The van der Waals surface area contributed by atoms with E-state index >= 15 is 0 Å². The number of hydrogen-bond donors (Lipinski definition) is 1. The Labute approximate surface area is 119 Å². The monoisotopic (exact) mass is 269 g/mol. The van der Waals surface area contributed by atoms with Crippen molar-refractivity contribution in [3.63, 3.8) is 0 Å². The maximum absolute atomic E-state index is 12.3. The van der Waals surface area contributed by atoms with Gasteiger partial charge in [-0.1, -0.05) is 19.1 Å². The zero-order valence-electron chi connectivity index (χ0n) is 11.8. The van der Waals surface area contributed by atoms with Crippen LogP contribution >= 0.6 is 0 Å². The Balaban J connectivity index is 2.02. The number of carbonyl (C=O) groups is 1. The van der Waals surface area contributed by atoms with Gasteiger partial charge in [0.15, 0.2) is 0 Å². The molecule has 2 aromatic rings. The van der Waals surface area contributed by atoms with Crippen molar-refractivity contribution in [2.45, 2.75) is 19.3 Å². The third-order valence-electron chi connectivity index (χ3n) is 3.39. The van der Waals surface area contributed by atoms with Gasteiger partial charge in [-0.2, -0.15) is 0 Å². The van der Waals surface area contributed by atoms with E-state index in [4.69, 9.17) is 5.73 Å². The van der Waals surface area contributed by atoms with Crippen LogP contribution in [0.15, 0.2) is 48.8 Å². The Morgan fingerprint density at radius 2 is 2.00 bits per heavy atom. The molecule has 104 valence electrons. The van der Waals surface area contributed by atoms with E-state index in [-0.39, 0.29) is 11.8 Å². The van der Waals surface area contributed by atoms with E-state index in [1.165, 1.54) is 0 Å². The smallest absolute Gasteiger partial charge is 0.227 e. The van der Waals surface area contributed by atoms with Crippen LogP contribution in [0.1, 0.15) is 24.8 Å². The van der Waals surface area contributed by atoms with Crippen molar-refractivity contribution < 1.29 is 4.79 Å². The number of nitrogens with two attached hydrogens (primary N) is 1. The summed E-state index contributed by atoms with van der Waals surface area (Å²) in [5.74, 6) is 0.226. The number of pyridine rings is 1. The van der Waals surface area contributed by atoms with Crippen LogP contribution in [0.2, 0.25) is 0 Å². The van der Waals surface area contributed by atoms with Gasteiger partial charge in [0.25, 0.3) is 0 Å². The Morgan fingerprint density at radius 1 is 1.30 bits per heavy atom. The molecule has 4 heteroatoms. The largest absolute Gasteiger partial charge is 0.399 e. The van der Waals surface area contributed by atoms with Crippen molar-refractivity contribution in [2.24, 2.45) is 0 Å². The summed E-state index contributed by atoms with van der Waals surface area (Å²) in [7, 11) is 1.77. The third-order valence-corrected chi connectivity index (χ3v) is 3.39. The van der Waals surface area contributed by atoms with E-state index in [0.717, 1.165) is 16.9 Å². The fourth-order valence-electron chi connectivity index (χ4n) is 2.04. The molecule has 2 rings (SSSR count). The number of nitrogens with zero attached hydrogens (tertiary/aromatic N) is 2. The topological polar surface area (TPSA) is 59.2 Å². The van der Waals surface area contributed by atoms with Crippen LogP contribution in [0.5, 0.6) is 0 Å². The summed E-state index contributed by atoms with van der Waals surface area (Å²) < 4.78 is 0. The number of rotatable bonds is 4. The molecule has 0 aliphatic heterocycles. The Kier molecular flexibility index (Phi) is 4.35.